The molecule has 5 N–H and O–H groups in total. The van der Waals surface area contributed by atoms with Gasteiger partial charge in [-0.25, -0.2) is 9.37 Å². The summed E-state index contributed by atoms with van der Waals surface area (Å²) >= 11 is 0. The van der Waals surface area contributed by atoms with Crippen molar-refractivity contribution in [2.24, 2.45) is 11.5 Å². The number of methoxy groups -OCH3 is 1. The summed E-state index contributed by atoms with van der Waals surface area (Å²) in [5.41, 5.74) is 13.6. The van der Waals surface area contributed by atoms with E-state index in [1.165, 1.54) is 6.07 Å². The van der Waals surface area contributed by atoms with Gasteiger partial charge in [-0.1, -0.05) is 12.1 Å². The van der Waals surface area contributed by atoms with Gasteiger partial charge >= 0.3 is 0 Å². The lowest BCUT2D eigenvalue weighted by atomic mass is 9.97. The van der Waals surface area contributed by atoms with E-state index in [0.29, 0.717) is 22.7 Å². The minimum atomic E-state index is -0.752. The van der Waals surface area contributed by atoms with Crippen molar-refractivity contribution in [1.29, 1.82) is 0 Å². The Kier molecular flexibility index (Phi) is 3.79. The van der Waals surface area contributed by atoms with Crippen LogP contribution in [-0.2, 0) is 5.54 Å². The standard InChI is InChI=1S/C17H19FN4O/c1-17(20,9-19)14-7-6-13(23-2)16(22-14)11-8-21-15-10(11)4-3-5-12(15)18/h3-8,21H,9,19-20H2,1-2H3. The van der Waals surface area contributed by atoms with Crippen molar-refractivity contribution in [3.8, 4) is 17.0 Å². The first kappa shape index (κ1) is 15.5. The molecule has 1 atom stereocenters. The molecule has 0 amide bonds. The monoisotopic (exact) mass is 314 g/mol. The van der Waals surface area contributed by atoms with Gasteiger partial charge < -0.3 is 21.2 Å². The zero-order valence-corrected chi connectivity index (χ0v) is 13.1. The number of fused-ring (bicyclic) bond motifs is 1. The maximum atomic E-state index is 13.9. The third-order valence-corrected chi connectivity index (χ3v) is 4.01. The van der Waals surface area contributed by atoms with E-state index in [1.807, 2.05) is 13.0 Å². The summed E-state index contributed by atoms with van der Waals surface area (Å²) in [6.07, 6.45) is 1.72. The molecule has 3 rings (SSSR count). The normalized spacial score (nSPS) is 14.0. The number of aromatic amines is 1. The quantitative estimate of drug-likeness (QED) is 0.690. The smallest absolute Gasteiger partial charge is 0.147 e. The van der Waals surface area contributed by atoms with Gasteiger partial charge in [0, 0.05) is 23.7 Å². The van der Waals surface area contributed by atoms with E-state index < -0.39 is 5.54 Å². The number of hydrogen-bond acceptors (Lipinski definition) is 4. The Hall–Kier alpha value is -2.44. The van der Waals surface area contributed by atoms with Crippen molar-refractivity contribution < 1.29 is 9.13 Å². The van der Waals surface area contributed by atoms with E-state index in [0.717, 1.165) is 10.9 Å². The molecule has 0 aliphatic heterocycles. The van der Waals surface area contributed by atoms with Gasteiger partial charge in [0.25, 0.3) is 0 Å². The second-order valence-corrected chi connectivity index (χ2v) is 5.73. The van der Waals surface area contributed by atoms with Crippen LogP contribution in [0.2, 0.25) is 0 Å². The van der Waals surface area contributed by atoms with Crippen LogP contribution < -0.4 is 16.2 Å². The first-order chi connectivity index (χ1) is 11.0. The number of rotatable bonds is 4. The summed E-state index contributed by atoms with van der Waals surface area (Å²) in [6, 6.07) is 8.51. The molecule has 3 aromatic rings. The summed E-state index contributed by atoms with van der Waals surface area (Å²) in [4.78, 5) is 7.59. The molecule has 0 spiro atoms. The molecule has 1 unspecified atom stereocenters. The van der Waals surface area contributed by atoms with Gasteiger partial charge in [0.1, 0.15) is 17.3 Å². The molecule has 0 saturated heterocycles. The van der Waals surface area contributed by atoms with Crippen LogP contribution in [0.5, 0.6) is 5.75 Å². The highest BCUT2D eigenvalue weighted by Gasteiger charge is 2.23. The maximum absolute atomic E-state index is 13.9. The van der Waals surface area contributed by atoms with Crippen LogP contribution in [0.15, 0.2) is 36.5 Å². The van der Waals surface area contributed by atoms with Crippen molar-refractivity contribution in [2.45, 2.75) is 12.5 Å². The number of halogens is 1. The molecule has 0 aliphatic carbocycles. The van der Waals surface area contributed by atoms with E-state index in [1.54, 1.807) is 31.5 Å². The minimum Gasteiger partial charge on any atom is -0.494 e. The Morgan fingerprint density at radius 3 is 2.78 bits per heavy atom. The molecular weight excluding hydrogens is 295 g/mol. The third-order valence-electron chi connectivity index (χ3n) is 4.01. The molecule has 2 heterocycles. The Morgan fingerprint density at radius 2 is 2.09 bits per heavy atom. The highest BCUT2D eigenvalue weighted by molar-refractivity contribution is 5.96. The Morgan fingerprint density at radius 1 is 1.30 bits per heavy atom. The number of nitrogens with zero attached hydrogens (tertiary/aromatic N) is 1. The Balaban J connectivity index is 2.24. The van der Waals surface area contributed by atoms with Crippen molar-refractivity contribution >= 4 is 10.9 Å². The number of pyridine rings is 1. The van der Waals surface area contributed by atoms with Crippen LogP contribution in [0.4, 0.5) is 4.39 Å². The fraction of sp³-hybridized carbons (Fsp3) is 0.235. The van der Waals surface area contributed by atoms with Crippen LogP contribution in [0.25, 0.3) is 22.2 Å². The average molecular weight is 314 g/mol. The van der Waals surface area contributed by atoms with Gasteiger partial charge in [0.15, 0.2) is 0 Å². The van der Waals surface area contributed by atoms with Gasteiger partial charge in [-0.15, -0.1) is 0 Å². The molecule has 120 valence electrons. The zero-order chi connectivity index (χ0) is 16.6. The molecule has 0 radical (unpaired) electrons. The second kappa shape index (κ2) is 5.64. The molecule has 0 saturated carbocycles. The topological polar surface area (TPSA) is 89.9 Å². The lowest BCUT2D eigenvalue weighted by Crippen LogP contribution is -2.41. The fourth-order valence-electron chi connectivity index (χ4n) is 2.54. The van der Waals surface area contributed by atoms with E-state index in [9.17, 15) is 4.39 Å². The zero-order valence-electron chi connectivity index (χ0n) is 13.1. The lowest BCUT2D eigenvalue weighted by Gasteiger charge is -2.23. The van der Waals surface area contributed by atoms with Crippen LogP contribution >= 0.6 is 0 Å². The van der Waals surface area contributed by atoms with Gasteiger partial charge in [0.05, 0.1) is 23.9 Å². The Labute approximate surface area is 133 Å². The predicted octanol–water partition coefficient (Wildman–Crippen LogP) is 2.51. The van der Waals surface area contributed by atoms with Crippen molar-refractivity contribution in [3.05, 3.63) is 48.0 Å². The SMILES string of the molecule is COc1ccc(C(C)(N)CN)nc1-c1c[nH]c2c(F)cccc12. The van der Waals surface area contributed by atoms with Crippen molar-refractivity contribution in [1.82, 2.24) is 9.97 Å². The molecule has 6 heteroatoms. The molecule has 0 fully saturated rings. The van der Waals surface area contributed by atoms with Gasteiger partial charge in [0.2, 0.25) is 0 Å². The number of hydrogen-bond donors (Lipinski definition) is 3. The second-order valence-electron chi connectivity index (χ2n) is 5.73. The number of nitrogens with one attached hydrogen (secondary N) is 1. The number of benzene rings is 1. The number of aromatic nitrogens is 2. The summed E-state index contributed by atoms with van der Waals surface area (Å²) in [6.45, 7) is 2.08. The molecule has 23 heavy (non-hydrogen) atoms. The Bertz CT molecular complexity index is 857. The third kappa shape index (κ3) is 2.56. The molecular formula is C17H19FN4O. The highest BCUT2D eigenvalue weighted by atomic mass is 19.1. The largest absolute Gasteiger partial charge is 0.494 e. The first-order valence-electron chi connectivity index (χ1n) is 7.28. The number of para-hydroxylation sites is 1. The molecule has 1 aromatic carbocycles. The molecule has 2 aromatic heterocycles. The van der Waals surface area contributed by atoms with Crippen LogP contribution in [-0.4, -0.2) is 23.6 Å². The lowest BCUT2D eigenvalue weighted by molar-refractivity contribution is 0.412. The number of nitrogens with two attached hydrogens (primary N) is 2. The van der Waals surface area contributed by atoms with Gasteiger partial charge in [-0.3, -0.25) is 0 Å². The summed E-state index contributed by atoms with van der Waals surface area (Å²) < 4.78 is 19.3. The maximum Gasteiger partial charge on any atom is 0.147 e. The van der Waals surface area contributed by atoms with Crippen LogP contribution in [0, 0.1) is 5.82 Å². The highest BCUT2D eigenvalue weighted by Crippen LogP contribution is 2.35. The van der Waals surface area contributed by atoms with Gasteiger partial charge in [-0.05, 0) is 25.1 Å². The average Bonchev–Trinajstić information content (AvgIpc) is 2.99. The van der Waals surface area contributed by atoms with Crippen molar-refractivity contribution in [3.63, 3.8) is 0 Å². The van der Waals surface area contributed by atoms with E-state index in [4.69, 9.17) is 16.2 Å². The van der Waals surface area contributed by atoms with Crippen LogP contribution in [0.1, 0.15) is 12.6 Å². The van der Waals surface area contributed by atoms with Gasteiger partial charge in [-0.2, -0.15) is 0 Å². The van der Waals surface area contributed by atoms with Crippen molar-refractivity contribution in [2.75, 3.05) is 13.7 Å². The fourth-order valence-corrected chi connectivity index (χ4v) is 2.54. The van der Waals surface area contributed by atoms with Crippen LogP contribution in [0.3, 0.4) is 0 Å². The van der Waals surface area contributed by atoms with E-state index in [2.05, 4.69) is 9.97 Å². The first-order valence-corrected chi connectivity index (χ1v) is 7.28. The molecule has 0 bridgehead atoms. The molecule has 5 nitrogen and oxygen atoms in total. The predicted molar refractivity (Wildman–Crippen MR) is 88.6 cm³/mol. The summed E-state index contributed by atoms with van der Waals surface area (Å²) in [5.74, 6) is 0.279. The van der Waals surface area contributed by atoms with E-state index >= 15 is 0 Å². The number of ether oxygens (including phenoxy) is 1. The number of H-pyrrole nitrogens is 1. The molecule has 0 aliphatic rings. The summed E-state index contributed by atoms with van der Waals surface area (Å²) in [7, 11) is 1.57. The van der Waals surface area contributed by atoms with E-state index in [-0.39, 0.29) is 12.4 Å². The summed E-state index contributed by atoms with van der Waals surface area (Å²) in [5, 5.41) is 0.736. The minimum absolute atomic E-state index is 0.258.